The molecule has 0 saturated heterocycles. The molecule has 0 fully saturated rings. The van der Waals surface area contributed by atoms with Crippen LogP contribution in [0.15, 0.2) is 36.1 Å². The normalized spacial score (nSPS) is 14.7. The van der Waals surface area contributed by atoms with Crippen LogP contribution >= 0.6 is 23.2 Å². The number of benzene rings is 2. The number of aromatic hydroxyl groups is 1. The van der Waals surface area contributed by atoms with Crippen LogP contribution in [0.3, 0.4) is 0 Å². The molecule has 3 rings (SSSR count). The Labute approximate surface area is 139 Å². The molecule has 23 heavy (non-hydrogen) atoms. The number of halogens is 2. The number of fused-ring (bicyclic) bond motifs is 1. The Balaban J connectivity index is 2.01. The number of phenols is 1. The molecule has 116 valence electrons. The Hall–Kier alpha value is -2.57. The molecule has 1 aliphatic heterocycles. The fourth-order valence-corrected chi connectivity index (χ4v) is 2.59. The zero-order chi connectivity index (χ0) is 16.7. The van der Waals surface area contributed by atoms with Gasteiger partial charge < -0.3 is 9.84 Å². The van der Waals surface area contributed by atoms with E-state index in [-0.39, 0.29) is 27.1 Å². The summed E-state index contributed by atoms with van der Waals surface area (Å²) in [5.41, 5.74) is 0.0910. The van der Waals surface area contributed by atoms with Crippen LogP contribution in [-0.2, 0) is 0 Å². The summed E-state index contributed by atoms with van der Waals surface area (Å²) in [6.45, 7) is 0. The van der Waals surface area contributed by atoms with Gasteiger partial charge in [0.1, 0.15) is 0 Å². The summed E-state index contributed by atoms with van der Waals surface area (Å²) in [5, 5.41) is 20.8. The number of phenolic OH excluding ortho intramolecular Hbond substituents is 1. The van der Waals surface area contributed by atoms with Crippen molar-refractivity contribution in [1.82, 2.24) is 0 Å². The van der Waals surface area contributed by atoms with Crippen LogP contribution in [0.2, 0.25) is 10.0 Å². The minimum atomic E-state index is -0.709. The summed E-state index contributed by atoms with van der Waals surface area (Å²) in [7, 11) is 0. The molecular weight excluding hydrogens is 345 g/mol. The van der Waals surface area contributed by atoms with Gasteiger partial charge in [-0.15, -0.1) is 0 Å². The molecule has 1 N–H and O–H groups in total. The average Bonchev–Trinajstić information content (AvgIpc) is 2.81. The maximum absolute atomic E-state index is 12.3. The Morgan fingerprint density at radius 1 is 1.17 bits per heavy atom. The molecule has 0 atom stereocenters. The van der Waals surface area contributed by atoms with E-state index in [0.29, 0.717) is 5.56 Å². The Kier molecular flexibility index (Phi) is 3.71. The van der Waals surface area contributed by atoms with Crippen molar-refractivity contribution in [1.29, 1.82) is 0 Å². The number of nitro groups is 1. The molecule has 8 heteroatoms. The van der Waals surface area contributed by atoms with Crippen LogP contribution in [0.1, 0.15) is 15.9 Å². The van der Waals surface area contributed by atoms with E-state index in [2.05, 4.69) is 0 Å². The molecule has 2 aromatic carbocycles. The van der Waals surface area contributed by atoms with Crippen molar-refractivity contribution in [3.63, 3.8) is 0 Å². The van der Waals surface area contributed by atoms with Crippen molar-refractivity contribution < 1.29 is 19.6 Å². The molecule has 2 aromatic rings. The van der Waals surface area contributed by atoms with Crippen LogP contribution in [0.5, 0.6) is 11.5 Å². The van der Waals surface area contributed by atoms with E-state index in [0.717, 1.165) is 12.1 Å². The van der Waals surface area contributed by atoms with Gasteiger partial charge in [0.15, 0.2) is 17.3 Å². The lowest BCUT2D eigenvalue weighted by molar-refractivity contribution is -0.385. The molecule has 6 nitrogen and oxygen atoms in total. The van der Waals surface area contributed by atoms with Gasteiger partial charge in [-0.1, -0.05) is 23.2 Å². The van der Waals surface area contributed by atoms with Crippen molar-refractivity contribution in [2.75, 3.05) is 0 Å². The summed E-state index contributed by atoms with van der Waals surface area (Å²) in [6.07, 6.45) is 1.35. The number of carbonyl (C=O) groups excluding carboxylic acids is 1. The van der Waals surface area contributed by atoms with Gasteiger partial charge in [-0.2, -0.15) is 0 Å². The molecular formula is C15H7Cl2NO5. The monoisotopic (exact) mass is 351 g/mol. The van der Waals surface area contributed by atoms with Crippen molar-refractivity contribution in [3.8, 4) is 11.5 Å². The van der Waals surface area contributed by atoms with Crippen molar-refractivity contribution in [2.24, 2.45) is 0 Å². The summed E-state index contributed by atoms with van der Waals surface area (Å²) >= 11 is 12.0. The number of hydrogen-bond acceptors (Lipinski definition) is 5. The minimum absolute atomic E-state index is 0.0387. The second-order valence-corrected chi connectivity index (χ2v) is 5.49. The first-order chi connectivity index (χ1) is 10.9. The molecule has 1 heterocycles. The second kappa shape index (κ2) is 5.57. The van der Waals surface area contributed by atoms with E-state index in [1.165, 1.54) is 24.3 Å². The lowest BCUT2D eigenvalue weighted by Crippen LogP contribution is -1.98. The molecule has 0 saturated carbocycles. The average molecular weight is 352 g/mol. The largest absolute Gasteiger partial charge is 0.502 e. The summed E-state index contributed by atoms with van der Waals surface area (Å²) < 4.78 is 5.43. The lowest BCUT2D eigenvalue weighted by Gasteiger charge is -2.01. The Morgan fingerprint density at radius 3 is 2.48 bits per heavy atom. The number of ether oxygens (including phenoxy) is 1. The molecule has 0 amide bonds. The van der Waals surface area contributed by atoms with Crippen LogP contribution in [0, 0.1) is 10.1 Å². The zero-order valence-corrected chi connectivity index (χ0v) is 12.8. The third kappa shape index (κ3) is 2.62. The fraction of sp³-hybridized carbons (Fsp3) is 0. The van der Waals surface area contributed by atoms with Gasteiger partial charge in [0, 0.05) is 6.07 Å². The van der Waals surface area contributed by atoms with Crippen LogP contribution in [0.25, 0.3) is 6.08 Å². The molecule has 0 spiro atoms. The van der Waals surface area contributed by atoms with Gasteiger partial charge in [0.2, 0.25) is 5.78 Å². The van der Waals surface area contributed by atoms with E-state index in [1.54, 1.807) is 0 Å². The maximum Gasteiger partial charge on any atom is 0.310 e. The number of allylic oxidation sites excluding steroid dienone is 1. The quantitative estimate of drug-likeness (QED) is 0.496. The van der Waals surface area contributed by atoms with E-state index in [9.17, 15) is 20.0 Å². The minimum Gasteiger partial charge on any atom is -0.502 e. The molecule has 0 radical (unpaired) electrons. The summed E-state index contributed by atoms with van der Waals surface area (Å²) in [5.74, 6) is -0.835. The number of nitro benzene ring substituents is 1. The summed E-state index contributed by atoms with van der Waals surface area (Å²) in [6, 6.07) is 6.68. The molecule has 0 unspecified atom stereocenters. The predicted octanol–water partition coefficient (Wildman–Crippen LogP) is 4.22. The van der Waals surface area contributed by atoms with Gasteiger partial charge in [-0.05, 0) is 35.9 Å². The number of carbonyl (C=O) groups is 1. The number of ketones is 1. The van der Waals surface area contributed by atoms with Gasteiger partial charge in [-0.25, -0.2) is 0 Å². The molecule has 0 aliphatic carbocycles. The van der Waals surface area contributed by atoms with Gasteiger partial charge in [0.05, 0.1) is 20.5 Å². The number of hydrogen-bond donors (Lipinski definition) is 1. The second-order valence-electron chi connectivity index (χ2n) is 4.68. The predicted molar refractivity (Wildman–Crippen MR) is 84.2 cm³/mol. The summed E-state index contributed by atoms with van der Waals surface area (Å²) in [4.78, 5) is 22.3. The zero-order valence-electron chi connectivity index (χ0n) is 11.2. The van der Waals surface area contributed by atoms with Crippen LogP contribution in [0.4, 0.5) is 5.69 Å². The van der Waals surface area contributed by atoms with E-state index >= 15 is 0 Å². The third-order valence-electron chi connectivity index (χ3n) is 3.22. The SMILES string of the molecule is O=C1C(=Cc2ccc([N+](=O)[O-])c(O)c2)Oc2c(Cl)ccc(Cl)c21. The van der Waals surface area contributed by atoms with E-state index in [1.807, 2.05) is 0 Å². The fourth-order valence-electron chi connectivity index (χ4n) is 2.16. The molecule has 0 aromatic heterocycles. The first kappa shape index (κ1) is 15.3. The Morgan fingerprint density at radius 2 is 1.87 bits per heavy atom. The van der Waals surface area contributed by atoms with Crippen molar-refractivity contribution in [3.05, 3.63) is 67.4 Å². The Bertz CT molecular complexity index is 892. The highest BCUT2D eigenvalue weighted by Gasteiger charge is 2.32. The number of Topliss-reactive ketones (excluding diaryl/α,β-unsaturated/α-hetero) is 1. The highest BCUT2D eigenvalue weighted by molar-refractivity contribution is 6.39. The first-order valence-corrected chi connectivity index (χ1v) is 7.03. The van der Waals surface area contributed by atoms with Gasteiger partial charge in [0.25, 0.3) is 0 Å². The maximum atomic E-state index is 12.3. The van der Waals surface area contributed by atoms with Crippen molar-refractivity contribution in [2.45, 2.75) is 0 Å². The van der Waals surface area contributed by atoms with Gasteiger partial charge in [-0.3, -0.25) is 14.9 Å². The van der Waals surface area contributed by atoms with Crippen LogP contribution < -0.4 is 4.74 Å². The highest BCUT2D eigenvalue weighted by Crippen LogP contribution is 2.42. The molecule has 1 aliphatic rings. The number of nitrogens with zero attached hydrogens (tertiary/aromatic N) is 1. The topological polar surface area (TPSA) is 89.7 Å². The van der Waals surface area contributed by atoms with E-state index in [4.69, 9.17) is 27.9 Å². The number of rotatable bonds is 2. The third-order valence-corrected chi connectivity index (χ3v) is 3.83. The van der Waals surface area contributed by atoms with E-state index < -0.39 is 22.1 Å². The lowest BCUT2D eigenvalue weighted by atomic mass is 10.1. The van der Waals surface area contributed by atoms with Crippen LogP contribution in [-0.4, -0.2) is 15.8 Å². The highest BCUT2D eigenvalue weighted by atomic mass is 35.5. The van der Waals surface area contributed by atoms with Crippen molar-refractivity contribution >= 4 is 40.7 Å². The molecule has 0 bridgehead atoms. The first-order valence-electron chi connectivity index (χ1n) is 6.28. The smallest absolute Gasteiger partial charge is 0.310 e. The standard InChI is InChI=1S/C15H7Cl2NO5/c16-8-2-3-9(17)15-13(8)14(20)12(23-15)6-7-1-4-10(18(21)22)11(19)5-7/h1-6,19H. The van der Waals surface area contributed by atoms with Gasteiger partial charge >= 0.3 is 5.69 Å².